The van der Waals surface area contributed by atoms with E-state index in [-0.39, 0.29) is 12.3 Å². The van der Waals surface area contributed by atoms with Crippen molar-refractivity contribution in [2.45, 2.75) is 32.2 Å². The van der Waals surface area contributed by atoms with Crippen molar-refractivity contribution < 1.29 is 14.3 Å². The molecule has 0 bridgehead atoms. The first-order chi connectivity index (χ1) is 12.1. The van der Waals surface area contributed by atoms with Crippen LogP contribution < -0.4 is 15.8 Å². The standard InChI is InChI=1S/C18H26N4O3/c19-16(23)13-17(24)20-7-2-5-11-25-18-12-15(6-8-21-18)14-22-9-3-1-4-10-22/h2,5-6,8,12H,1,3-4,7,9-11,13-14H2,(H2,19,23)(H,20,24)/b5-2-. The topological polar surface area (TPSA) is 97.5 Å². The Morgan fingerprint density at radius 2 is 2.08 bits per heavy atom. The summed E-state index contributed by atoms with van der Waals surface area (Å²) in [5.41, 5.74) is 6.14. The van der Waals surface area contributed by atoms with Crippen LogP contribution in [-0.2, 0) is 16.1 Å². The Morgan fingerprint density at radius 3 is 2.84 bits per heavy atom. The molecule has 0 saturated carbocycles. The van der Waals surface area contributed by atoms with Gasteiger partial charge in [-0.05, 0) is 43.6 Å². The molecule has 7 nitrogen and oxygen atoms in total. The van der Waals surface area contributed by atoms with Gasteiger partial charge < -0.3 is 15.8 Å². The lowest BCUT2D eigenvalue weighted by atomic mass is 10.1. The molecule has 0 unspecified atom stereocenters. The van der Waals surface area contributed by atoms with Gasteiger partial charge >= 0.3 is 0 Å². The lowest BCUT2D eigenvalue weighted by Crippen LogP contribution is -2.29. The quantitative estimate of drug-likeness (QED) is 0.513. The number of primary amides is 1. The van der Waals surface area contributed by atoms with E-state index in [9.17, 15) is 9.59 Å². The molecule has 3 N–H and O–H groups in total. The number of likely N-dealkylation sites (tertiary alicyclic amines) is 1. The number of hydrogen-bond donors (Lipinski definition) is 2. The van der Waals surface area contributed by atoms with Crippen LogP contribution in [0.1, 0.15) is 31.2 Å². The van der Waals surface area contributed by atoms with Gasteiger partial charge in [-0.3, -0.25) is 14.5 Å². The van der Waals surface area contributed by atoms with Gasteiger partial charge in [0, 0.05) is 25.4 Å². The molecular formula is C18H26N4O3. The third-order valence-electron chi connectivity index (χ3n) is 3.90. The molecule has 1 saturated heterocycles. The number of amides is 2. The number of piperidine rings is 1. The van der Waals surface area contributed by atoms with E-state index in [0.717, 1.165) is 19.6 Å². The Hall–Kier alpha value is -2.41. The van der Waals surface area contributed by atoms with E-state index >= 15 is 0 Å². The van der Waals surface area contributed by atoms with Gasteiger partial charge in [0.15, 0.2) is 0 Å². The van der Waals surface area contributed by atoms with Crippen LogP contribution in [0.2, 0.25) is 0 Å². The second-order valence-corrected chi connectivity index (χ2v) is 6.07. The molecule has 1 aliphatic rings. The van der Waals surface area contributed by atoms with Gasteiger partial charge in [-0.15, -0.1) is 0 Å². The molecule has 1 aromatic rings. The molecule has 0 spiro atoms. The van der Waals surface area contributed by atoms with Crippen molar-refractivity contribution in [1.82, 2.24) is 15.2 Å². The molecule has 0 aromatic carbocycles. The number of carbonyl (C=O) groups excluding carboxylic acids is 2. The number of ether oxygens (including phenoxy) is 1. The molecule has 1 aromatic heterocycles. The van der Waals surface area contributed by atoms with Crippen molar-refractivity contribution in [3.63, 3.8) is 0 Å². The van der Waals surface area contributed by atoms with Gasteiger partial charge in [0.1, 0.15) is 13.0 Å². The summed E-state index contributed by atoms with van der Waals surface area (Å²) in [5.74, 6) is -0.428. The van der Waals surface area contributed by atoms with Gasteiger partial charge in [-0.2, -0.15) is 0 Å². The van der Waals surface area contributed by atoms with Crippen LogP contribution in [0.5, 0.6) is 5.88 Å². The minimum absolute atomic E-state index is 0.294. The summed E-state index contributed by atoms with van der Waals surface area (Å²) in [6, 6.07) is 3.99. The average molecular weight is 346 g/mol. The summed E-state index contributed by atoms with van der Waals surface area (Å²) < 4.78 is 5.60. The Morgan fingerprint density at radius 1 is 1.28 bits per heavy atom. The molecular weight excluding hydrogens is 320 g/mol. The fourth-order valence-corrected chi connectivity index (χ4v) is 2.68. The van der Waals surface area contributed by atoms with Gasteiger partial charge in [0.2, 0.25) is 17.7 Å². The first kappa shape index (κ1) is 18.9. The van der Waals surface area contributed by atoms with E-state index < -0.39 is 5.91 Å². The zero-order valence-corrected chi connectivity index (χ0v) is 14.4. The maximum atomic E-state index is 11.2. The molecule has 2 amide bonds. The number of nitrogens with zero attached hydrogens (tertiary/aromatic N) is 2. The van der Waals surface area contributed by atoms with Crippen molar-refractivity contribution in [3.05, 3.63) is 36.0 Å². The fourth-order valence-electron chi connectivity index (χ4n) is 2.68. The highest BCUT2D eigenvalue weighted by molar-refractivity contribution is 5.96. The van der Waals surface area contributed by atoms with E-state index in [2.05, 4.69) is 15.2 Å². The van der Waals surface area contributed by atoms with Crippen LogP contribution >= 0.6 is 0 Å². The number of hydrogen-bond acceptors (Lipinski definition) is 5. The fraction of sp³-hybridized carbons (Fsp3) is 0.500. The summed E-state index contributed by atoms with van der Waals surface area (Å²) in [4.78, 5) is 28.5. The van der Waals surface area contributed by atoms with Crippen molar-refractivity contribution in [2.24, 2.45) is 5.73 Å². The molecule has 1 aliphatic heterocycles. The predicted octanol–water partition coefficient (Wildman–Crippen LogP) is 0.994. The second kappa shape index (κ2) is 10.5. The summed E-state index contributed by atoms with van der Waals surface area (Å²) in [6.45, 7) is 3.94. The summed E-state index contributed by atoms with van der Waals surface area (Å²) in [7, 11) is 0. The molecule has 136 valence electrons. The van der Waals surface area contributed by atoms with Crippen molar-refractivity contribution in [3.8, 4) is 5.88 Å². The number of pyridine rings is 1. The molecule has 0 aliphatic carbocycles. The lowest BCUT2D eigenvalue weighted by molar-refractivity contribution is -0.127. The lowest BCUT2D eigenvalue weighted by Gasteiger charge is -2.26. The van der Waals surface area contributed by atoms with Crippen LogP contribution in [0.4, 0.5) is 0 Å². The normalized spacial score (nSPS) is 15.2. The van der Waals surface area contributed by atoms with Crippen molar-refractivity contribution in [1.29, 1.82) is 0 Å². The molecule has 7 heteroatoms. The second-order valence-electron chi connectivity index (χ2n) is 6.07. The Kier molecular flexibility index (Phi) is 7.91. The molecule has 25 heavy (non-hydrogen) atoms. The first-order valence-electron chi connectivity index (χ1n) is 8.63. The van der Waals surface area contributed by atoms with Crippen LogP contribution in [-0.4, -0.2) is 47.9 Å². The molecule has 0 radical (unpaired) electrons. The number of nitrogens with one attached hydrogen (secondary N) is 1. The average Bonchev–Trinajstić information content (AvgIpc) is 2.58. The van der Waals surface area contributed by atoms with Crippen LogP contribution in [0, 0.1) is 0 Å². The van der Waals surface area contributed by atoms with Crippen LogP contribution in [0.25, 0.3) is 0 Å². The Bertz CT molecular complexity index is 598. The zero-order chi connectivity index (χ0) is 17.9. The van der Waals surface area contributed by atoms with Gasteiger partial charge in [-0.1, -0.05) is 12.5 Å². The molecule has 2 heterocycles. The van der Waals surface area contributed by atoms with Crippen molar-refractivity contribution >= 4 is 11.8 Å². The third kappa shape index (κ3) is 7.80. The van der Waals surface area contributed by atoms with E-state index in [1.807, 2.05) is 12.1 Å². The summed E-state index contributed by atoms with van der Waals surface area (Å²) >= 11 is 0. The highest BCUT2D eigenvalue weighted by Gasteiger charge is 2.10. The zero-order valence-electron chi connectivity index (χ0n) is 14.4. The van der Waals surface area contributed by atoms with E-state index in [0.29, 0.717) is 19.0 Å². The SMILES string of the molecule is NC(=O)CC(=O)NC/C=C\COc1cc(CN2CCCCC2)ccn1. The van der Waals surface area contributed by atoms with Crippen LogP contribution in [0.15, 0.2) is 30.5 Å². The minimum atomic E-state index is -0.639. The Labute approximate surface area is 148 Å². The number of rotatable bonds is 9. The maximum absolute atomic E-state index is 11.2. The largest absolute Gasteiger partial charge is 0.473 e. The summed E-state index contributed by atoms with van der Waals surface area (Å²) in [6.07, 6.45) is 8.90. The number of carbonyl (C=O) groups is 2. The van der Waals surface area contributed by atoms with Gasteiger partial charge in [-0.25, -0.2) is 4.98 Å². The minimum Gasteiger partial charge on any atom is -0.473 e. The van der Waals surface area contributed by atoms with Gasteiger partial charge in [0.05, 0.1) is 0 Å². The summed E-state index contributed by atoms with van der Waals surface area (Å²) in [5, 5.41) is 2.56. The number of nitrogens with two attached hydrogens (primary N) is 1. The monoisotopic (exact) mass is 346 g/mol. The molecule has 0 atom stereocenters. The predicted molar refractivity (Wildman–Crippen MR) is 94.8 cm³/mol. The first-order valence-corrected chi connectivity index (χ1v) is 8.63. The highest BCUT2D eigenvalue weighted by atomic mass is 16.5. The van der Waals surface area contributed by atoms with E-state index in [1.165, 1.54) is 24.8 Å². The smallest absolute Gasteiger partial charge is 0.229 e. The van der Waals surface area contributed by atoms with Crippen molar-refractivity contribution in [2.75, 3.05) is 26.2 Å². The molecule has 1 fully saturated rings. The Balaban J connectivity index is 1.68. The highest BCUT2D eigenvalue weighted by Crippen LogP contribution is 2.15. The van der Waals surface area contributed by atoms with E-state index in [4.69, 9.17) is 10.5 Å². The van der Waals surface area contributed by atoms with Gasteiger partial charge in [0.25, 0.3) is 0 Å². The maximum Gasteiger partial charge on any atom is 0.229 e. The third-order valence-corrected chi connectivity index (χ3v) is 3.90. The van der Waals surface area contributed by atoms with E-state index in [1.54, 1.807) is 18.3 Å². The molecule has 2 rings (SSSR count). The number of aromatic nitrogens is 1. The van der Waals surface area contributed by atoms with Crippen LogP contribution in [0.3, 0.4) is 0 Å².